The Morgan fingerprint density at radius 3 is 2.47 bits per heavy atom. The third kappa shape index (κ3) is 5.36. The molecule has 1 unspecified atom stereocenters. The smallest absolute Gasteiger partial charge is 0.227 e. The van der Waals surface area contributed by atoms with Gasteiger partial charge in [-0.1, -0.05) is 12.1 Å². The topological polar surface area (TPSA) is 68.0 Å². The lowest BCUT2D eigenvalue weighted by atomic mass is 9.96. The Morgan fingerprint density at radius 2 is 1.75 bits per heavy atom. The molecule has 2 aliphatic heterocycles. The van der Waals surface area contributed by atoms with E-state index in [2.05, 4.69) is 21.9 Å². The highest BCUT2D eigenvalue weighted by molar-refractivity contribution is 5.80. The SMILES string of the molecule is COc1cc2c(cc1OC)CC(=O)N(CC1CCCN(CCc3ccc(N)cc3)C1)CC2. The van der Waals surface area contributed by atoms with Crippen molar-refractivity contribution < 1.29 is 14.3 Å². The number of hydrogen-bond acceptors (Lipinski definition) is 5. The zero-order valence-corrected chi connectivity index (χ0v) is 19.3. The first kappa shape index (κ1) is 22.5. The fraction of sp³-hybridized carbons (Fsp3) is 0.500. The van der Waals surface area contributed by atoms with Gasteiger partial charge in [0.15, 0.2) is 11.5 Å². The second-order valence-electron chi connectivity index (χ2n) is 9.04. The number of amides is 1. The minimum absolute atomic E-state index is 0.218. The van der Waals surface area contributed by atoms with Gasteiger partial charge in [-0.25, -0.2) is 0 Å². The number of hydrogen-bond donors (Lipinski definition) is 1. The van der Waals surface area contributed by atoms with E-state index in [9.17, 15) is 4.79 Å². The second kappa shape index (κ2) is 10.3. The summed E-state index contributed by atoms with van der Waals surface area (Å²) in [6.45, 7) is 4.87. The van der Waals surface area contributed by atoms with Crippen LogP contribution in [0.15, 0.2) is 36.4 Å². The first-order valence-corrected chi connectivity index (χ1v) is 11.6. The minimum atomic E-state index is 0.218. The number of rotatable bonds is 7. The van der Waals surface area contributed by atoms with Crippen molar-refractivity contribution >= 4 is 11.6 Å². The number of anilines is 1. The molecular formula is C26H35N3O3. The number of fused-ring (bicyclic) bond motifs is 1. The van der Waals surface area contributed by atoms with E-state index in [-0.39, 0.29) is 5.91 Å². The van der Waals surface area contributed by atoms with Crippen molar-refractivity contribution in [3.63, 3.8) is 0 Å². The molecule has 172 valence electrons. The van der Waals surface area contributed by atoms with Crippen LogP contribution in [0.25, 0.3) is 0 Å². The molecule has 6 nitrogen and oxygen atoms in total. The van der Waals surface area contributed by atoms with E-state index >= 15 is 0 Å². The maximum atomic E-state index is 13.1. The van der Waals surface area contributed by atoms with Crippen LogP contribution in [0.1, 0.15) is 29.5 Å². The molecule has 2 heterocycles. The molecule has 0 spiro atoms. The molecule has 1 fully saturated rings. The van der Waals surface area contributed by atoms with Gasteiger partial charge in [-0.15, -0.1) is 0 Å². The van der Waals surface area contributed by atoms with Gasteiger partial charge in [0.1, 0.15) is 0 Å². The number of piperidine rings is 1. The molecule has 1 amide bonds. The molecule has 0 saturated carbocycles. The molecule has 32 heavy (non-hydrogen) atoms. The van der Waals surface area contributed by atoms with E-state index < -0.39 is 0 Å². The van der Waals surface area contributed by atoms with Crippen LogP contribution in [0.2, 0.25) is 0 Å². The van der Waals surface area contributed by atoms with Crippen LogP contribution < -0.4 is 15.2 Å². The zero-order chi connectivity index (χ0) is 22.5. The number of likely N-dealkylation sites (tertiary alicyclic amines) is 1. The van der Waals surface area contributed by atoms with Gasteiger partial charge in [0.25, 0.3) is 0 Å². The summed E-state index contributed by atoms with van der Waals surface area (Å²) in [5.41, 5.74) is 10.2. The number of carbonyl (C=O) groups excluding carboxylic acids is 1. The van der Waals surface area contributed by atoms with Crippen molar-refractivity contribution in [2.24, 2.45) is 5.92 Å². The molecular weight excluding hydrogens is 402 g/mol. The number of nitrogens with zero attached hydrogens (tertiary/aromatic N) is 2. The maximum absolute atomic E-state index is 13.1. The normalized spacial score (nSPS) is 19.4. The van der Waals surface area contributed by atoms with Crippen LogP contribution in [0.5, 0.6) is 11.5 Å². The largest absolute Gasteiger partial charge is 0.493 e. The van der Waals surface area contributed by atoms with E-state index in [0.29, 0.717) is 18.1 Å². The van der Waals surface area contributed by atoms with Gasteiger partial charge in [-0.3, -0.25) is 4.79 Å². The van der Waals surface area contributed by atoms with Crippen LogP contribution in [-0.2, 0) is 24.1 Å². The summed E-state index contributed by atoms with van der Waals surface area (Å²) in [4.78, 5) is 17.7. The molecule has 1 saturated heterocycles. The third-order valence-electron chi connectivity index (χ3n) is 6.83. The predicted octanol–water partition coefficient (Wildman–Crippen LogP) is 3.17. The number of nitrogen functional groups attached to an aromatic ring is 1. The summed E-state index contributed by atoms with van der Waals surface area (Å²) in [6, 6.07) is 12.2. The minimum Gasteiger partial charge on any atom is -0.493 e. The Hall–Kier alpha value is -2.73. The van der Waals surface area contributed by atoms with E-state index in [0.717, 1.165) is 62.6 Å². The number of nitrogens with two attached hydrogens (primary N) is 1. The van der Waals surface area contributed by atoms with E-state index in [1.807, 2.05) is 24.3 Å². The molecule has 0 aliphatic carbocycles. The lowest BCUT2D eigenvalue weighted by molar-refractivity contribution is -0.131. The molecule has 2 aliphatic rings. The van der Waals surface area contributed by atoms with Crippen LogP contribution in [0.3, 0.4) is 0 Å². The van der Waals surface area contributed by atoms with Gasteiger partial charge in [-0.2, -0.15) is 0 Å². The average molecular weight is 438 g/mol. The lowest BCUT2D eigenvalue weighted by Crippen LogP contribution is -2.44. The third-order valence-corrected chi connectivity index (χ3v) is 6.83. The summed E-state index contributed by atoms with van der Waals surface area (Å²) < 4.78 is 10.9. The summed E-state index contributed by atoms with van der Waals surface area (Å²) in [7, 11) is 3.29. The summed E-state index contributed by atoms with van der Waals surface area (Å²) in [5.74, 6) is 2.17. The molecule has 2 aromatic carbocycles. The van der Waals surface area contributed by atoms with Crippen molar-refractivity contribution in [3.8, 4) is 11.5 Å². The quantitative estimate of drug-likeness (QED) is 0.674. The Bertz CT molecular complexity index is 929. The van der Waals surface area contributed by atoms with Crippen LogP contribution >= 0.6 is 0 Å². The number of methoxy groups -OCH3 is 2. The number of carbonyl (C=O) groups is 1. The van der Waals surface area contributed by atoms with Gasteiger partial charge >= 0.3 is 0 Å². The summed E-state index contributed by atoms with van der Waals surface area (Å²) in [5, 5.41) is 0. The first-order valence-electron chi connectivity index (χ1n) is 11.6. The van der Waals surface area contributed by atoms with Crippen molar-refractivity contribution in [3.05, 3.63) is 53.1 Å². The highest BCUT2D eigenvalue weighted by Crippen LogP contribution is 2.32. The highest BCUT2D eigenvalue weighted by Gasteiger charge is 2.27. The lowest BCUT2D eigenvalue weighted by Gasteiger charge is -2.35. The molecule has 2 N–H and O–H groups in total. The fourth-order valence-corrected chi connectivity index (χ4v) is 5.00. The van der Waals surface area contributed by atoms with E-state index in [1.54, 1.807) is 14.2 Å². The average Bonchev–Trinajstić information content (AvgIpc) is 2.96. The highest BCUT2D eigenvalue weighted by atomic mass is 16.5. The van der Waals surface area contributed by atoms with E-state index in [4.69, 9.17) is 15.2 Å². The first-order chi connectivity index (χ1) is 15.6. The Morgan fingerprint density at radius 1 is 1.03 bits per heavy atom. The Balaban J connectivity index is 1.34. The van der Waals surface area contributed by atoms with Crippen molar-refractivity contribution in [2.75, 3.05) is 52.7 Å². The molecule has 4 rings (SSSR count). The zero-order valence-electron chi connectivity index (χ0n) is 19.3. The number of ether oxygens (including phenoxy) is 2. The fourth-order valence-electron chi connectivity index (χ4n) is 5.00. The van der Waals surface area contributed by atoms with Crippen LogP contribution in [-0.4, -0.2) is 62.7 Å². The van der Waals surface area contributed by atoms with E-state index in [1.165, 1.54) is 24.0 Å². The Labute approximate surface area is 191 Å². The van der Waals surface area contributed by atoms with Gasteiger partial charge in [0.05, 0.1) is 20.6 Å². The van der Waals surface area contributed by atoms with Crippen molar-refractivity contribution in [1.82, 2.24) is 9.80 Å². The molecule has 6 heteroatoms. The monoisotopic (exact) mass is 437 g/mol. The van der Waals surface area contributed by atoms with Gasteiger partial charge in [-0.05, 0) is 79.1 Å². The van der Waals surface area contributed by atoms with Gasteiger partial charge in [0.2, 0.25) is 5.91 Å². The predicted molar refractivity (Wildman–Crippen MR) is 127 cm³/mol. The summed E-state index contributed by atoms with van der Waals surface area (Å²) in [6.07, 6.45) is 4.71. The molecule has 2 aromatic rings. The second-order valence-corrected chi connectivity index (χ2v) is 9.04. The Kier molecular flexibility index (Phi) is 7.20. The van der Waals surface area contributed by atoms with Gasteiger partial charge in [0, 0.05) is 31.9 Å². The molecule has 0 radical (unpaired) electrons. The number of benzene rings is 2. The molecule has 1 atom stereocenters. The standard InChI is InChI=1S/C26H35N3O3/c1-31-24-14-21-10-13-29(26(30)16-22(21)15-25(24)32-2)18-20-4-3-11-28(17-20)12-9-19-5-7-23(27)8-6-19/h5-8,14-15,20H,3-4,9-13,16-18,27H2,1-2H3. The van der Waals surface area contributed by atoms with Crippen LogP contribution in [0, 0.1) is 5.92 Å². The summed E-state index contributed by atoms with van der Waals surface area (Å²) >= 11 is 0. The maximum Gasteiger partial charge on any atom is 0.227 e. The van der Waals surface area contributed by atoms with Crippen LogP contribution in [0.4, 0.5) is 5.69 Å². The molecule has 0 bridgehead atoms. The van der Waals surface area contributed by atoms with Crippen molar-refractivity contribution in [2.45, 2.75) is 32.1 Å². The van der Waals surface area contributed by atoms with Crippen molar-refractivity contribution in [1.29, 1.82) is 0 Å². The molecule has 0 aromatic heterocycles. The van der Waals surface area contributed by atoms with Gasteiger partial charge < -0.3 is 25.0 Å².